The topological polar surface area (TPSA) is 111 Å². The van der Waals surface area contributed by atoms with Crippen molar-refractivity contribution in [3.8, 4) is 22.1 Å². The summed E-state index contributed by atoms with van der Waals surface area (Å²) in [6.07, 6.45) is 0.704. The summed E-state index contributed by atoms with van der Waals surface area (Å²) in [6.45, 7) is 2.59. The molecule has 4 aromatic rings. The Morgan fingerprint density at radius 3 is 2.73 bits per heavy atom. The van der Waals surface area contributed by atoms with Crippen molar-refractivity contribution in [1.82, 2.24) is 20.4 Å². The fraction of sp³-hybridized carbons (Fsp3) is 0.286. The van der Waals surface area contributed by atoms with E-state index < -0.39 is 0 Å². The molecule has 2 heterocycles. The molecule has 0 aliphatic carbocycles. The van der Waals surface area contributed by atoms with Crippen LogP contribution in [0.2, 0.25) is 0 Å². The highest BCUT2D eigenvalue weighted by molar-refractivity contribution is 7.18. The SMILES string of the molecule is COc1ccc(C[C@H](N)CNc2nnc(-c3ccc4n[nH]c(C)c4c3)s2)cc1OC. The van der Waals surface area contributed by atoms with Crippen molar-refractivity contribution in [1.29, 1.82) is 0 Å². The molecule has 2 aromatic carbocycles. The number of fused-ring (bicyclic) bond motifs is 1. The van der Waals surface area contributed by atoms with Gasteiger partial charge in [0.05, 0.1) is 19.7 Å². The van der Waals surface area contributed by atoms with E-state index in [2.05, 4.69) is 31.8 Å². The van der Waals surface area contributed by atoms with Gasteiger partial charge in [-0.2, -0.15) is 5.10 Å². The summed E-state index contributed by atoms with van der Waals surface area (Å²) < 4.78 is 10.6. The van der Waals surface area contributed by atoms with Gasteiger partial charge in [0, 0.05) is 29.2 Å². The molecule has 156 valence electrons. The van der Waals surface area contributed by atoms with Gasteiger partial charge in [0.15, 0.2) is 11.5 Å². The number of ether oxygens (including phenoxy) is 2. The number of benzene rings is 2. The van der Waals surface area contributed by atoms with Gasteiger partial charge in [-0.05, 0) is 49.2 Å². The third kappa shape index (κ3) is 4.22. The number of methoxy groups -OCH3 is 2. The number of aromatic amines is 1. The van der Waals surface area contributed by atoms with Crippen molar-refractivity contribution >= 4 is 27.4 Å². The van der Waals surface area contributed by atoms with E-state index in [1.54, 1.807) is 14.2 Å². The van der Waals surface area contributed by atoms with Gasteiger partial charge in [0.1, 0.15) is 5.01 Å². The summed E-state index contributed by atoms with van der Waals surface area (Å²) in [6, 6.07) is 11.8. The summed E-state index contributed by atoms with van der Waals surface area (Å²) in [5.74, 6) is 1.41. The lowest BCUT2D eigenvalue weighted by molar-refractivity contribution is 0.354. The second-order valence-corrected chi connectivity index (χ2v) is 8.00. The standard InChI is InChI=1S/C21H24N6O2S/c1-12-16-10-14(5-6-17(16)25-24-12)20-26-27-21(30-20)23-11-15(22)8-13-4-7-18(28-2)19(9-13)29-3/h4-7,9-10,15H,8,11,22H2,1-3H3,(H,23,27)(H,24,25)/t15-/m0/s1. The van der Waals surface area contributed by atoms with Gasteiger partial charge < -0.3 is 20.5 Å². The molecule has 0 spiro atoms. The minimum absolute atomic E-state index is 0.0830. The van der Waals surface area contributed by atoms with E-state index in [-0.39, 0.29) is 6.04 Å². The number of aryl methyl sites for hydroxylation is 1. The Bertz CT molecular complexity index is 1160. The van der Waals surface area contributed by atoms with Gasteiger partial charge in [0.2, 0.25) is 5.13 Å². The van der Waals surface area contributed by atoms with E-state index in [1.165, 1.54) is 11.3 Å². The lowest BCUT2D eigenvalue weighted by atomic mass is 10.1. The number of nitrogens with zero attached hydrogens (tertiary/aromatic N) is 3. The molecule has 0 unspecified atom stereocenters. The fourth-order valence-corrected chi connectivity index (χ4v) is 4.03. The summed E-state index contributed by atoms with van der Waals surface area (Å²) in [5.41, 5.74) is 10.4. The van der Waals surface area contributed by atoms with Gasteiger partial charge in [0.25, 0.3) is 0 Å². The largest absolute Gasteiger partial charge is 0.493 e. The highest BCUT2D eigenvalue weighted by Crippen LogP contribution is 2.30. The zero-order valence-corrected chi connectivity index (χ0v) is 17.9. The molecule has 9 heteroatoms. The van der Waals surface area contributed by atoms with Gasteiger partial charge in [-0.15, -0.1) is 10.2 Å². The Morgan fingerprint density at radius 2 is 1.93 bits per heavy atom. The van der Waals surface area contributed by atoms with E-state index in [9.17, 15) is 0 Å². The predicted octanol–water partition coefficient (Wildman–Crippen LogP) is 3.39. The van der Waals surface area contributed by atoms with Crippen LogP contribution in [0.3, 0.4) is 0 Å². The fourth-order valence-electron chi connectivity index (χ4n) is 3.28. The molecule has 8 nitrogen and oxygen atoms in total. The third-order valence-corrected chi connectivity index (χ3v) is 5.81. The Balaban J connectivity index is 1.38. The highest BCUT2D eigenvalue weighted by Gasteiger charge is 2.12. The zero-order chi connectivity index (χ0) is 21.1. The number of aromatic nitrogens is 4. The third-order valence-electron chi connectivity index (χ3n) is 4.88. The summed E-state index contributed by atoms with van der Waals surface area (Å²) in [4.78, 5) is 0. The van der Waals surface area contributed by atoms with E-state index >= 15 is 0 Å². The number of rotatable bonds is 8. The molecule has 0 aliphatic heterocycles. The number of anilines is 1. The molecule has 30 heavy (non-hydrogen) atoms. The molecule has 0 amide bonds. The number of nitrogens with one attached hydrogen (secondary N) is 2. The van der Waals surface area contributed by atoms with Crippen LogP contribution in [-0.2, 0) is 6.42 Å². The van der Waals surface area contributed by atoms with Crippen molar-refractivity contribution in [2.24, 2.45) is 5.73 Å². The lowest BCUT2D eigenvalue weighted by Gasteiger charge is -2.14. The molecule has 0 aliphatic rings. The Kier molecular flexibility index (Phi) is 5.82. The predicted molar refractivity (Wildman–Crippen MR) is 119 cm³/mol. The summed E-state index contributed by atoms with van der Waals surface area (Å²) in [5, 5.41) is 21.8. The molecule has 0 radical (unpaired) electrons. The molecule has 4 N–H and O–H groups in total. The maximum absolute atomic E-state index is 6.31. The monoisotopic (exact) mass is 424 g/mol. The average Bonchev–Trinajstić information content (AvgIpc) is 3.39. The first-order chi connectivity index (χ1) is 14.6. The van der Waals surface area contributed by atoms with E-state index in [4.69, 9.17) is 15.2 Å². The van der Waals surface area contributed by atoms with Gasteiger partial charge in [-0.3, -0.25) is 5.10 Å². The van der Waals surface area contributed by atoms with Crippen LogP contribution in [0.5, 0.6) is 11.5 Å². The van der Waals surface area contributed by atoms with Crippen LogP contribution in [0.4, 0.5) is 5.13 Å². The first-order valence-corrected chi connectivity index (χ1v) is 10.4. The Labute approximate surface area is 178 Å². The van der Waals surface area contributed by atoms with Crippen LogP contribution >= 0.6 is 11.3 Å². The van der Waals surface area contributed by atoms with Crippen LogP contribution < -0.4 is 20.5 Å². The quantitative estimate of drug-likeness (QED) is 0.397. The molecule has 0 saturated heterocycles. The number of hydrogen-bond acceptors (Lipinski definition) is 8. The molecule has 4 rings (SSSR count). The smallest absolute Gasteiger partial charge is 0.206 e. The molecule has 0 saturated carbocycles. The van der Waals surface area contributed by atoms with E-state index in [0.717, 1.165) is 37.9 Å². The van der Waals surface area contributed by atoms with Crippen molar-refractivity contribution in [3.05, 3.63) is 47.7 Å². The van der Waals surface area contributed by atoms with Gasteiger partial charge in [-0.25, -0.2) is 0 Å². The highest BCUT2D eigenvalue weighted by atomic mass is 32.1. The first-order valence-electron chi connectivity index (χ1n) is 9.56. The normalized spacial score (nSPS) is 12.1. The second kappa shape index (κ2) is 8.68. The van der Waals surface area contributed by atoms with Crippen molar-refractivity contribution < 1.29 is 9.47 Å². The first kappa shape index (κ1) is 20.1. The number of nitrogens with two attached hydrogens (primary N) is 1. The van der Waals surface area contributed by atoms with Gasteiger partial charge in [-0.1, -0.05) is 17.4 Å². The minimum atomic E-state index is -0.0830. The summed E-state index contributed by atoms with van der Waals surface area (Å²) in [7, 11) is 3.25. The Morgan fingerprint density at radius 1 is 1.10 bits per heavy atom. The van der Waals surface area contributed by atoms with Crippen molar-refractivity contribution in [2.75, 3.05) is 26.1 Å². The molecule has 0 bridgehead atoms. The molecular formula is C21H24N6O2S. The van der Waals surface area contributed by atoms with Crippen LogP contribution in [0, 0.1) is 6.92 Å². The number of H-pyrrole nitrogens is 1. The van der Waals surface area contributed by atoms with Crippen molar-refractivity contribution in [2.45, 2.75) is 19.4 Å². The molecular weight excluding hydrogens is 400 g/mol. The summed E-state index contributed by atoms with van der Waals surface area (Å²) >= 11 is 1.51. The average molecular weight is 425 g/mol. The van der Waals surface area contributed by atoms with Gasteiger partial charge >= 0.3 is 0 Å². The van der Waals surface area contributed by atoms with Crippen LogP contribution in [0.15, 0.2) is 36.4 Å². The lowest BCUT2D eigenvalue weighted by Crippen LogP contribution is -2.31. The molecule has 2 aromatic heterocycles. The van der Waals surface area contributed by atoms with Crippen molar-refractivity contribution in [3.63, 3.8) is 0 Å². The maximum atomic E-state index is 6.31. The molecule has 1 atom stereocenters. The van der Waals surface area contributed by atoms with E-state index in [1.807, 2.05) is 37.3 Å². The van der Waals surface area contributed by atoms with Crippen LogP contribution in [0.1, 0.15) is 11.3 Å². The zero-order valence-electron chi connectivity index (χ0n) is 17.1. The Hall–Kier alpha value is -3.17. The van der Waals surface area contributed by atoms with Crippen LogP contribution in [-0.4, -0.2) is 47.2 Å². The maximum Gasteiger partial charge on any atom is 0.206 e. The van der Waals surface area contributed by atoms with E-state index in [0.29, 0.717) is 24.5 Å². The number of hydrogen-bond donors (Lipinski definition) is 3. The van der Waals surface area contributed by atoms with Crippen LogP contribution in [0.25, 0.3) is 21.5 Å². The molecule has 0 fully saturated rings. The minimum Gasteiger partial charge on any atom is -0.493 e. The second-order valence-electron chi connectivity index (χ2n) is 7.03.